The summed E-state index contributed by atoms with van der Waals surface area (Å²) in [6, 6.07) is 13.0. The van der Waals surface area contributed by atoms with E-state index in [1.165, 1.54) is 18.4 Å². The zero-order valence-electron chi connectivity index (χ0n) is 14.5. The molecule has 0 aromatic heterocycles. The number of hydrogen-bond acceptors (Lipinski definition) is 4. The first kappa shape index (κ1) is 18.3. The highest BCUT2D eigenvalue weighted by atomic mass is 32.2. The molecule has 130 valence electrons. The van der Waals surface area contributed by atoms with Gasteiger partial charge in [0.05, 0.1) is 4.90 Å². The molecular weight excluding hydrogens is 324 g/mol. The van der Waals surface area contributed by atoms with Crippen molar-refractivity contribution < 1.29 is 13.2 Å². The molecule has 2 rings (SSSR count). The summed E-state index contributed by atoms with van der Waals surface area (Å²) in [4.78, 5) is 0.294. The zero-order valence-corrected chi connectivity index (χ0v) is 15.4. The van der Waals surface area contributed by atoms with E-state index in [-0.39, 0.29) is 0 Å². The molecule has 0 radical (unpaired) electrons. The molecule has 0 heterocycles. The largest absolute Gasteiger partial charge is 0.492 e. The highest BCUT2D eigenvalue weighted by Crippen LogP contribution is 2.25. The standard InChI is InChI=1S/C18H24N2O3S/c1-14-12-17(24(21,22)20(3)4)13-18(15(14)2)19-10-11-23-16-8-6-5-7-9-16/h5-9,12-13,19H,10-11H2,1-4H3. The first-order chi connectivity index (χ1) is 11.3. The van der Waals surface area contributed by atoms with Gasteiger partial charge in [0, 0.05) is 26.3 Å². The Kier molecular flexibility index (Phi) is 5.85. The number of sulfonamides is 1. The van der Waals surface area contributed by atoms with Gasteiger partial charge in [0.2, 0.25) is 10.0 Å². The summed E-state index contributed by atoms with van der Waals surface area (Å²) in [6.07, 6.45) is 0. The number of benzene rings is 2. The molecule has 5 nitrogen and oxygen atoms in total. The molecule has 0 saturated heterocycles. The van der Waals surface area contributed by atoms with Crippen molar-refractivity contribution in [2.24, 2.45) is 0 Å². The topological polar surface area (TPSA) is 58.6 Å². The molecule has 0 fully saturated rings. The van der Waals surface area contributed by atoms with E-state index in [4.69, 9.17) is 4.74 Å². The van der Waals surface area contributed by atoms with Gasteiger partial charge in [-0.2, -0.15) is 0 Å². The maximum atomic E-state index is 12.3. The fourth-order valence-electron chi connectivity index (χ4n) is 2.24. The van der Waals surface area contributed by atoms with Gasteiger partial charge in [-0.05, 0) is 49.2 Å². The van der Waals surface area contributed by atoms with Crippen LogP contribution in [0, 0.1) is 13.8 Å². The first-order valence-electron chi connectivity index (χ1n) is 7.78. The second-order valence-electron chi connectivity index (χ2n) is 5.79. The quantitative estimate of drug-likeness (QED) is 0.782. The predicted molar refractivity (Wildman–Crippen MR) is 97.2 cm³/mol. The molecule has 24 heavy (non-hydrogen) atoms. The summed E-state index contributed by atoms with van der Waals surface area (Å²) >= 11 is 0. The number of hydrogen-bond donors (Lipinski definition) is 1. The van der Waals surface area contributed by atoms with Gasteiger partial charge >= 0.3 is 0 Å². The Balaban J connectivity index is 2.08. The number of anilines is 1. The molecule has 0 bridgehead atoms. The van der Waals surface area contributed by atoms with Gasteiger partial charge in [-0.3, -0.25) is 0 Å². The van der Waals surface area contributed by atoms with Gasteiger partial charge in [-0.1, -0.05) is 18.2 Å². The van der Waals surface area contributed by atoms with Gasteiger partial charge in [0.15, 0.2) is 0 Å². The lowest BCUT2D eigenvalue weighted by Gasteiger charge is -2.17. The molecule has 0 saturated carbocycles. The second kappa shape index (κ2) is 7.68. The average molecular weight is 348 g/mol. The van der Waals surface area contributed by atoms with Gasteiger partial charge in [0.25, 0.3) is 0 Å². The van der Waals surface area contributed by atoms with E-state index >= 15 is 0 Å². The Morgan fingerprint density at radius 1 is 1.08 bits per heavy atom. The number of rotatable bonds is 7. The Hall–Kier alpha value is -2.05. The van der Waals surface area contributed by atoms with E-state index in [0.717, 1.165) is 22.6 Å². The summed E-state index contributed by atoms with van der Waals surface area (Å²) in [6.45, 7) is 4.96. The molecule has 0 aliphatic carbocycles. The molecule has 2 aromatic rings. The minimum Gasteiger partial charge on any atom is -0.492 e. The normalized spacial score (nSPS) is 11.5. The lowest BCUT2D eigenvalue weighted by atomic mass is 10.1. The summed E-state index contributed by atoms with van der Waals surface area (Å²) < 4.78 is 31.5. The minimum atomic E-state index is -3.45. The van der Waals surface area contributed by atoms with Crippen LogP contribution in [0.4, 0.5) is 5.69 Å². The summed E-state index contributed by atoms with van der Waals surface area (Å²) in [5.41, 5.74) is 2.78. The summed E-state index contributed by atoms with van der Waals surface area (Å²) in [5.74, 6) is 0.816. The first-order valence-corrected chi connectivity index (χ1v) is 9.22. The Morgan fingerprint density at radius 2 is 1.75 bits per heavy atom. The zero-order chi connectivity index (χ0) is 17.7. The molecule has 0 atom stereocenters. The maximum absolute atomic E-state index is 12.3. The van der Waals surface area contributed by atoms with Crippen LogP contribution in [0.1, 0.15) is 11.1 Å². The fourth-order valence-corrected chi connectivity index (χ4v) is 3.26. The average Bonchev–Trinajstić information content (AvgIpc) is 2.55. The number of aryl methyl sites for hydroxylation is 1. The van der Waals surface area contributed by atoms with Gasteiger partial charge in [0.1, 0.15) is 12.4 Å². The number of ether oxygens (including phenoxy) is 1. The van der Waals surface area contributed by atoms with Crippen LogP contribution in [0.2, 0.25) is 0 Å². The van der Waals surface area contributed by atoms with Crippen LogP contribution in [0.3, 0.4) is 0 Å². The molecule has 0 spiro atoms. The van der Waals surface area contributed by atoms with Crippen molar-refractivity contribution in [3.05, 3.63) is 53.6 Å². The van der Waals surface area contributed by atoms with E-state index in [0.29, 0.717) is 18.0 Å². The highest BCUT2D eigenvalue weighted by Gasteiger charge is 2.19. The van der Waals surface area contributed by atoms with Crippen LogP contribution in [-0.2, 0) is 10.0 Å². The molecule has 1 N–H and O–H groups in total. The molecular formula is C18H24N2O3S. The monoisotopic (exact) mass is 348 g/mol. The molecule has 0 amide bonds. The number of nitrogens with one attached hydrogen (secondary N) is 1. The number of para-hydroxylation sites is 1. The van der Waals surface area contributed by atoms with E-state index in [2.05, 4.69) is 5.32 Å². The molecule has 0 unspecified atom stereocenters. The van der Waals surface area contributed by atoms with Crippen molar-refractivity contribution in [2.45, 2.75) is 18.7 Å². The second-order valence-corrected chi connectivity index (χ2v) is 7.94. The van der Waals surface area contributed by atoms with Crippen LogP contribution < -0.4 is 10.1 Å². The Bertz CT molecular complexity index is 787. The van der Waals surface area contributed by atoms with Gasteiger partial charge in [-0.15, -0.1) is 0 Å². The third-order valence-electron chi connectivity index (χ3n) is 3.85. The smallest absolute Gasteiger partial charge is 0.242 e. The Morgan fingerprint density at radius 3 is 2.38 bits per heavy atom. The van der Waals surface area contributed by atoms with Crippen LogP contribution >= 0.6 is 0 Å². The van der Waals surface area contributed by atoms with Gasteiger partial charge < -0.3 is 10.1 Å². The van der Waals surface area contributed by atoms with E-state index in [1.807, 2.05) is 44.2 Å². The van der Waals surface area contributed by atoms with E-state index in [9.17, 15) is 8.42 Å². The molecule has 6 heteroatoms. The van der Waals surface area contributed by atoms with Crippen molar-refractivity contribution in [1.29, 1.82) is 0 Å². The van der Waals surface area contributed by atoms with Crippen molar-refractivity contribution in [2.75, 3.05) is 32.6 Å². The summed E-state index contributed by atoms with van der Waals surface area (Å²) in [5, 5.41) is 3.27. The highest BCUT2D eigenvalue weighted by molar-refractivity contribution is 7.89. The number of nitrogens with zero attached hydrogens (tertiary/aromatic N) is 1. The van der Waals surface area contributed by atoms with Crippen LogP contribution in [0.15, 0.2) is 47.4 Å². The minimum absolute atomic E-state index is 0.294. The fraction of sp³-hybridized carbons (Fsp3) is 0.333. The third-order valence-corrected chi connectivity index (χ3v) is 5.64. The van der Waals surface area contributed by atoms with Crippen molar-refractivity contribution in [3.8, 4) is 5.75 Å². The van der Waals surface area contributed by atoms with Crippen LogP contribution in [-0.4, -0.2) is 40.0 Å². The van der Waals surface area contributed by atoms with Crippen molar-refractivity contribution >= 4 is 15.7 Å². The van der Waals surface area contributed by atoms with Crippen molar-refractivity contribution in [1.82, 2.24) is 4.31 Å². The lowest BCUT2D eigenvalue weighted by Crippen LogP contribution is -2.22. The Labute approximate surface area is 144 Å². The van der Waals surface area contributed by atoms with Crippen LogP contribution in [0.25, 0.3) is 0 Å². The molecule has 0 aliphatic heterocycles. The molecule has 0 aliphatic rings. The van der Waals surface area contributed by atoms with Gasteiger partial charge in [-0.25, -0.2) is 12.7 Å². The lowest BCUT2D eigenvalue weighted by molar-refractivity contribution is 0.333. The predicted octanol–water partition coefficient (Wildman–Crippen LogP) is 3.04. The van der Waals surface area contributed by atoms with E-state index in [1.54, 1.807) is 12.1 Å². The SMILES string of the molecule is Cc1cc(S(=O)(=O)N(C)C)cc(NCCOc2ccccc2)c1C. The van der Waals surface area contributed by atoms with Crippen LogP contribution in [0.5, 0.6) is 5.75 Å². The van der Waals surface area contributed by atoms with Crippen molar-refractivity contribution in [3.63, 3.8) is 0 Å². The summed E-state index contributed by atoms with van der Waals surface area (Å²) in [7, 11) is -0.384. The van der Waals surface area contributed by atoms with E-state index < -0.39 is 10.0 Å². The molecule has 2 aromatic carbocycles. The maximum Gasteiger partial charge on any atom is 0.242 e. The third kappa shape index (κ3) is 4.27.